The zero-order valence-electron chi connectivity index (χ0n) is 12.0. The van der Waals surface area contributed by atoms with Crippen LogP contribution in [0.5, 0.6) is 0 Å². The van der Waals surface area contributed by atoms with Gasteiger partial charge in [0.1, 0.15) is 0 Å². The van der Waals surface area contributed by atoms with E-state index in [0.29, 0.717) is 5.41 Å². The second kappa shape index (κ2) is 8.61. The first-order valence-corrected chi connectivity index (χ1v) is 6.84. The van der Waals surface area contributed by atoms with Gasteiger partial charge in [-0.15, -0.1) is 0 Å². The van der Waals surface area contributed by atoms with Gasteiger partial charge in [0.2, 0.25) is 0 Å². The van der Waals surface area contributed by atoms with Crippen LogP contribution >= 0.6 is 0 Å². The molecule has 0 saturated heterocycles. The van der Waals surface area contributed by atoms with Gasteiger partial charge in [-0.25, -0.2) is 0 Å². The Morgan fingerprint density at radius 1 is 1.19 bits per heavy atom. The van der Waals surface area contributed by atoms with E-state index in [4.69, 9.17) is 0 Å². The number of hydrogen-bond acceptors (Lipinski definition) is 0. The molecular formula is C16H30. The van der Waals surface area contributed by atoms with Crippen LogP contribution in [0.1, 0.15) is 73.1 Å². The molecule has 0 heteroatoms. The normalized spacial score (nSPS) is 16.7. The quantitative estimate of drug-likeness (QED) is 0.449. The van der Waals surface area contributed by atoms with Crippen LogP contribution < -0.4 is 0 Å². The second-order valence-electron chi connectivity index (χ2n) is 5.35. The highest BCUT2D eigenvalue weighted by Crippen LogP contribution is 2.35. The zero-order valence-corrected chi connectivity index (χ0v) is 12.0. The highest BCUT2D eigenvalue weighted by Gasteiger charge is 2.21. The number of hydrogen-bond donors (Lipinski definition) is 0. The van der Waals surface area contributed by atoms with Gasteiger partial charge in [0, 0.05) is 0 Å². The summed E-state index contributed by atoms with van der Waals surface area (Å²) < 4.78 is 0. The van der Waals surface area contributed by atoms with Crippen molar-refractivity contribution in [3.05, 3.63) is 23.8 Å². The van der Waals surface area contributed by atoms with E-state index < -0.39 is 0 Å². The summed E-state index contributed by atoms with van der Waals surface area (Å²) in [7, 11) is 0. The molecule has 94 valence electrons. The summed E-state index contributed by atoms with van der Waals surface area (Å²) in [5.41, 5.74) is 2.04. The summed E-state index contributed by atoms with van der Waals surface area (Å²) in [6.07, 6.45) is 14.5. The number of rotatable bonds is 8. The van der Waals surface area contributed by atoms with Gasteiger partial charge in [0.15, 0.2) is 0 Å². The summed E-state index contributed by atoms with van der Waals surface area (Å²) in [5, 5.41) is 0. The van der Waals surface area contributed by atoms with Crippen molar-refractivity contribution in [2.24, 2.45) is 5.41 Å². The molecule has 1 atom stereocenters. The maximum absolute atomic E-state index is 2.43. The van der Waals surface area contributed by atoms with Crippen LogP contribution in [0.25, 0.3) is 0 Å². The van der Waals surface area contributed by atoms with E-state index in [1.54, 1.807) is 5.57 Å². The van der Waals surface area contributed by atoms with Crippen LogP contribution in [0.3, 0.4) is 0 Å². The predicted octanol–water partition coefficient (Wildman–Crippen LogP) is 5.90. The van der Waals surface area contributed by atoms with E-state index in [1.807, 2.05) is 0 Å². The number of unbranched alkanes of at least 4 members (excludes halogenated alkanes) is 1. The molecule has 0 rings (SSSR count). The predicted molar refractivity (Wildman–Crippen MR) is 75.7 cm³/mol. The molecule has 0 fully saturated rings. The molecule has 0 aromatic carbocycles. The van der Waals surface area contributed by atoms with Crippen LogP contribution in [0, 0.1) is 5.41 Å². The van der Waals surface area contributed by atoms with Gasteiger partial charge in [0.25, 0.3) is 0 Å². The minimum Gasteiger partial charge on any atom is -0.0916 e. The molecule has 0 bridgehead atoms. The first-order chi connectivity index (χ1) is 7.58. The molecule has 16 heavy (non-hydrogen) atoms. The van der Waals surface area contributed by atoms with Gasteiger partial charge in [-0.3, -0.25) is 0 Å². The van der Waals surface area contributed by atoms with Crippen molar-refractivity contribution >= 4 is 0 Å². The Morgan fingerprint density at radius 3 is 2.38 bits per heavy atom. The molecule has 0 heterocycles. The molecule has 0 aromatic rings. The van der Waals surface area contributed by atoms with Crippen molar-refractivity contribution in [3.8, 4) is 0 Å². The summed E-state index contributed by atoms with van der Waals surface area (Å²) >= 11 is 0. The van der Waals surface area contributed by atoms with Crippen molar-refractivity contribution in [3.63, 3.8) is 0 Å². The Bertz CT molecular complexity index is 222. The fraction of sp³-hybridized carbons (Fsp3) is 0.750. The smallest absolute Gasteiger partial charge is 0.0254 e. The van der Waals surface area contributed by atoms with E-state index in [2.05, 4.69) is 52.8 Å². The Morgan fingerprint density at radius 2 is 1.88 bits per heavy atom. The van der Waals surface area contributed by atoms with Gasteiger partial charge in [-0.05, 0) is 44.9 Å². The Labute approximate surface area is 103 Å². The molecule has 0 aromatic heterocycles. The minimum atomic E-state index is 0.468. The van der Waals surface area contributed by atoms with Crippen molar-refractivity contribution in [2.45, 2.75) is 73.1 Å². The van der Waals surface area contributed by atoms with Gasteiger partial charge >= 0.3 is 0 Å². The first kappa shape index (κ1) is 15.5. The number of allylic oxidation sites excluding steroid dienone is 4. The Balaban J connectivity index is 4.40. The molecule has 0 aliphatic carbocycles. The molecule has 0 amide bonds. The standard InChI is InChI=1S/C16H30/c1-6-9-11-15(4)14-16(5,12-8-3)13-10-7-2/h7,10-11H,6,8-9,12-14H2,1-5H3. The van der Waals surface area contributed by atoms with Crippen LogP contribution in [0.15, 0.2) is 23.8 Å². The highest BCUT2D eigenvalue weighted by atomic mass is 14.3. The summed E-state index contributed by atoms with van der Waals surface area (Å²) in [6.45, 7) is 11.4. The third kappa shape index (κ3) is 6.87. The van der Waals surface area contributed by atoms with E-state index >= 15 is 0 Å². The van der Waals surface area contributed by atoms with E-state index in [0.717, 1.165) is 0 Å². The molecular weight excluding hydrogens is 192 g/mol. The zero-order chi connectivity index (χ0) is 12.4. The molecule has 0 saturated carbocycles. The SMILES string of the molecule is CC=CCC(C)(CCC)CC(C)=CCCC. The lowest BCUT2D eigenvalue weighted by Crippen LogP contribution is -2.15. The molecule has 1 unspecified atom stereocenters. The summed E-state index contributed by atoms with van der Waals surface area (Å²) in [6, 6.07) is 0. The Hall–Kier alpha value is -0.520. The molecule has 0 aliphatic rings. The van der Waals surface area contributed by atoms with Crippen molar-refractivity contribution < 1.29 is 0 Å². The molecule has 0 aliphatic heterocycles. The molecule has 0 nitrogen and oxygen atoms in total. The van der Waals surface area contributed by atoms with Gasteiger partial charge < -0.3 is 0 Å². The van der Waals surface area contributed by atoms with Crippen LogP contribution in [0.4, 0.5) is 0 Å². The van der Waals surface area contributed by atoms with Crippen LogP contribution in [0.2, 0.25) is 0 Å². The largest absolute Gasteiger partial charge is 0.0916 e. The summed E-state index contributed by atoms with van der Waals surface area (Å²) in [5.74, 6) is 0. The van der Waals surface area contributed by atoms with E-state index in [-0.39, 0.29) is 0 Å². The van der Waals surface area contributed by atoms with E-state index in [1.165, 1.54) is 38.5 Å². The lowest BCUT2D eigenvalue weighted by molar-refractivity contribution is 0.293. The van der Waals surface area contributed by atoms with Crippen LogP contribution in [-0.2, 0) is 0 Å². The minimum absolute atomic E-state index is 0.468. The molecule has 0 spiro atoms. The third-order valence-electron chi connectivity index (χ3n) is 3.19. The average molecular weight is 222 g/mol. The fourth-order valence-corrected chi connectivity index (χ4v) is 2.40. The van der Waals surface area contributed by atoms with Gasteiger partial charge in [0.05, 0.1) is 0 Å². The monoisotopic (exact) mass is 222 g/mol. The maximum atomic E-state index is 2.43. The first-order valence-electron chi connectivity index (χ1n) is 6.84. The van der Waals surface area contributed by atoms with Crippen molar-refractivity contribution in [1.29, 1.82) is 0 Å². The lowest BCUT2D eigenvalue weighted by atomic mass is 9.77. The average Bonchev–Trinajstić information content (AvgIpc) is 2.24. The van der Waals surface area contributed by atoms with Gasteiger partial charge in [-0.2, -0.15) is 0 Å². The lowest BCUT2D eigenvalue weighted by Gasteiger charge is -2.28. The van der Waals surface area contributed by atoms with Crippen LogP contribution in [-0.4, -0.2) is 0 Å². The van der Waals surface area contributed by atoms with Crippen molar-refractivity contribution in [2.75, 3.05) is 0 Å². The second-order valence-corrected chi connectivity index (χ2v) is 5.35. The topological polar surface area (TPSA) is 0 Å². The van der Waals surface area contributed by atoms with Crippen molar-refractivity contribution in [1.82, 2.24) is 0 Å². The third-order valence-corrected chi connectivity index (χ3v) is 3.19. The molecule has 0 N–H and O–H groups in total. The summed E-state index contributed by atoms with van der Waals surface area (Å²) in [4.78, 5) is 0. The Kier molecular flexibility index (Phi) is 8.33. The maximum Gasteiger partial charge on any atom is -0.0254 e. The molecule has 0 radical (unpaired) electrons. The van der Waals surface area contributed by atoms with E-state index in [9.17, 15) is 0 Å². The highest BCUT2D eigenvalue weighted by molar-refractivity contribution is 5.03. The van der Waals surface area contributed by atoms with Gasteiger partial charge in [-0.1, -0.05) is 57.4 Å². The fourth-order valence-electron chi connectivity index (χ4n) is 2.40.